The van der Waals surface area contributed by atoms with E-state index < -0.39 is 0 Å². The Kier molecular flexibility index (Phi) is 2.84. The van der Waals surface area contributed by atoms with Crippen LogP contribution in [0.4, 0.5) is 0 Å². The second-order valence-electron chi connectivity index (χ2n) is 5.10. The van der Waals surface area contributed by atoms with Gasteiger partial charge in [-0.15, -0.1) is 0 Å². The van der Waals surface area contributed by atoms with Crippen molar-refractivity contribution in [2.75, 3.05) is 0 Å². The molecule has 3 rings (SSSR count). The molecule has 86 valence electrons. The van der Waals surface area contributed by atoms with E-state index in [0.29, 0.717) is 17.1 Å². The maximum Gasteiger partial charge on any atom is 0.222 e. The van der Waals surface area contributed by atoms with Gasteiger partial charge < -0.3 is 0 Å². The monoisotopic (exact) mass is 236 g/mol. The van der Waals surface area contributed by atoms with Gasteiger partial charge in [0.15, 0.2) is 0 Å². The summed E-state index contributed by atoms with van der Waals surface area (Å²) in [5.41, 5.74) is 2.38. The molecular formula is C13H17ClN2. The molecule has 0 atom stereocenters. The van der Waals surface area contributed by atoms with Crippen molar-refractivity contribution in [3.63, 3.8) is 0 Å². The Bertz CT molecular complexity index is 382. The van der Waals surface area contributed by atoms with Gasteiger partial charge in [0.25, 0.3) is 0 Å². The molecule has 0 saturated heterocycles. The normalized spacial score (nSPS) is 22.3. The van der Waals surface area contributed by atoms with Crippen LogP contribution >= 0.6 is 11.6 Å². The van der Waals surface area contributed by atoms with Crippen LogP contribution < -0.4 is 0 Å². The van der Waals surface area contributed by atoms with Crippen molar-refractivity contribution in [2.24, 2.45) is 0 Å². The molecule has 0 radical (unpaired) electrons. The second-order valence-corrected chi connectivity index (χ2v) is 5.43. The summed E-state index contributed by atoms with van der Waals surface area (Å²) >= 11 is 6.02. The lowest BCUT2D eigenvalue weighted by Crippen LogP contribution is -2.08. The number of nitrogens with zero attached hydrogens (tertiary/aromatic N) is 2. The number of hydrogen-bond acceptors (Lipinski definition) is 2. The molecule has 0 N–H and O–H groups in total. The summed E-state index contributed by atoms with van der Waals surface area (Å²) in [6.07, 6.45) is 9.16. The van der Waals surface area contributed by atoms with Crippen LogP contribution in [0.5, 0.6) is 0 Å². The number of aromatic nitrogens is 2. The van der Waals surface area contributed by atoms with Crippen molar-refractivity contribution in [1.82, 2.24) is 9.97 Å². The molecular weight excluding hydrogens is 220 g/mol. The highest BCUT2D eigenvalue weighted by Gasteiger charge is 2.27. The molecule has 2 saturated carbocycles. The Labute approximate surface area is 101 Å². The molecule has 3 heteroatoms. The molecule has 16 heavy (non-hydrogen) atoms. The third-order valence-electron chi connectivity index (χ3n) is 3.76. The van der Waals surface area contributed by atoms with Gasteiger partial charge in [0.1, 0.15) is 0 Å². The predicted molar refractivity (Wildman–Crippen MR) is 64.8 cm³/mol. The van der Waals surface area contributed by atoms with Gasteiger partial charge in [-0.2, -0.15) is 0 Å². The van der Waals surface area contributed by atoms with E-state index in [1.807, 2.05) is 0 Å². The van der Waals surface area contributed by atoms with Crippen molar-refractivity contribution >= 4 is 11.6 Å². The molecule has 0 spiro atoms. The van der Waals surface area contributed by atoms with Crippen LogP contribution in [0.25, 0.3) is 0 Å². The van der Waals surface area contributed by atoms with Gasteiger partial charge in [-0.1, -0.05) is 19.3 Å². The average Bonchev–Trinajstić information content (AvgIpc) is 3.13. The molecule has 0 amide bonds. The third kappa shape index (κ3) is 2.22. The van der Waals surface area contributed by atoms with E-state index in [1.165, 1.54) is 56.3 Å². The minimum Gasteiger partial charge on any atom is -0.223 e. The van der Waals surface area contributed by atoms with Gasteiger partial charge in [0.05, 0.1) is 0 Å². The van der Waals surface area contributed by atoms with Crippen molar-refractivity contribution in [1.29, 1.82) is 0 Å². The fourth-order valence-corrected chi connectivity index (χ4v) is 2.85. The van der Waals surface area contributed by atoms with Crippen LogP contribution in [0, 0.1) is 0 Å². The van der Waals surface area contributed by atoms with Gasteiger partial charge in [-0.25, -0.2) is 9.97 Å². The van der Waals surface area contributed by atoms with E-state index in [9.17, 15) is 0 Å². The highest BCUT2D eigenvalue weighted by Crippen LogP contribution is 2.41. The molecule has 2 fully saturated rings. The largest absolute Gasteiger partial charge is 0.223 e. The van der Waals surface area contributed by atoms with E-state index in [2.05, 4.69) is 16.0 Å². The van der Waals surface area contributed by atoms with E-state index in [0.717, 1.165) is 0 Å². The Morgan fingerprint density at radius 2 is 1.44 bits per heavy atom. The average molecular weight is 237 g/mol. The molecule has 1 heterocycles. The zero-order chi connectivity index (χ0) is 11.0. The quantitative estimate of drug-likeness (QED) is 0.724. The first-order valence-corrected chi connectivity index (χ1v) is 6.75. The summed E-state index contributed by atoms with van der Waals surface area (Å²) < 4.78 is 0. The zero-order valence-corrected chi connectivity index (χ0v) is 10.2. The van der Waals surface area contributed by atoms with Gasteiger partial charge in [-0.3, -0.25) is 0 Å². The molecule has 2 aliphatic carbocycles. The first-order valence-electron chi connectivity index (χ1n) is 6.37. The highest BCUT2D eigenvalue weighted by atomic mass is 35.5. The van der Waals surface area contributed by atoms with Crippen molar-refractivity contribution in [3.8, 4) is 0 Å². The smallest absolute Gasteiger partial charge is 0.222 e. The standard InChI is InChI=1S/C13H17ClN2/c14-13-15-11(9-4-2-1-3-5-9)8-12(16-13)10-6-7-10/h8-10H,1-7H2. The first-order chi connectivity index (χ1) is 7.83. The number of rotatable bonds is 2. The summed E-state index contributed by atoms with van der Waals surface area (Å²) in [6, 6.07) is 2.21. The topological polar surface area (TPSA) is 25.8 Å². The summed E-state index contributed by atoms with van der Waals surface area (Å²) in [6.45, 7) is 0. The van der Waals surface area contributed by atoms with E-state index >= 15 is 0 Å². The Hall–Kier alpha value is -0.630. The van der Waals surface area contributed by atoms with E-state index in [4.69, 9.17) is 11.6 Å². The van der Waals surface area contributed by atoms with Crippen molar-refractivity contribution in [3.05, 3.63) is 22.7 Å². The maximum absolute atomic E-state index is 6.02. The second kappa shape index (κ2) is 4.33. The SMILES string of the molecule is Clc1nc(C2CCCCC2)cc(C2CC2)n1. The van der Waals surface area contributed by atoms with Crippen LogP contribution in [0.2, 0.25) is 5.28 Å². The van der Waals surface area contributed by atoms with E-state index in [-0.39, 0.29) is 0 Å². The number of hydrogen-bond donors (Lipinski definition) is 0. The van der Waals surface area contributed by atoms with Crippen LogP contribution in [0.15, 0.2) is 6.07 Å². The highest BCUT2D eigenvalue weighted by molar-refractivity contribution is 6.28. The molecule has 0 unspecified atom stereocenters. The summed E-state index contributed by atoms with van der Waals surface area (Å²) in [5.74, 6) is 1.30. The van der Waals surface area contributed by atoms with Gasteiger partial charge in [-0.05, 0) is 43.4 Å². The van der Waals surface area contributed by atoms with Gasteiger partial charge >= 0.3 is 0 Å². The predicted octanol–water partition coefficient (Wildman–Crippen LogP) is 4.06. The number of halogens is 1. The zero-order valence-electron chi connectivity index (χ0n) is 9.45. The van der Waals surface area contributed by atoms with Crippen LogP contribution in [-0.4, -0.2) is 9.97 Å². The third-order valence-corrected chi connectivity index (χ3v) is 3.93. The van der Waals surface area contributed by atoms with Gasteiger partial charge in [0, 0.05) is 23.2 Å². The molecule has 1 aromatic rings. The van der Waals surface area contributed by atoms with Crippen LogP contribution in [0.1, 0.15) is 68.2 Å². The summed E-state index contributed by atoms with van der Waals surface area (Å²) in [5, 5.41) is 0.449. The van der Waals surface area contributed by atoms with Crippen LogP contribution in [0.3, 0.4) is 0 Å². The lowest BCUT2D eigenvalue weighted by Gasteiger charge is -2.21. The minimum atomic E-state index is 0.449. The molecule has 0 aromatic carbocycles. The summed E-state index contributed by atoms with van der Waals surface area (Å²) in [4.78, 5) is 8.77. The Morgan fingerprint density at radius 1 is 0.875 bits per heavy atom. The maximum atomic E-state index is 6.02. The lowest BCUT2D eigenvalue weighted by molar-refractivity contribution is 0.436. The lowest BCUT2D eigenvalue weighted by atomic mass is 9.86. The molecule has 2 nitrogen and oxygen atoms in total. The molecule has 0 aliphatic heterocycles. The Balaban J connectivity index is 1.86. The first kappa shape index (κ1) is 10.5. The molecule has 2 aliphatic rings. The van der Waals surface area contributed by atoms with Crippen LogP contribution in [-0.2, 0) is 0 Å². The molecule has 1 aromatic heterocycles. The van der Waals surface area contributed by atoms with E-state index in [1.54, 1.807) is 0 Å². The Morgan fingerprint density at radius 3 is 2.00 bits per heavy atom. The van der Waals surface area contributed by atoms with Crippen molar-refractivity contribution in [2.45, 2.75) is 56.8 Å². The van der Waals surface area contributed by atoms with Crippen molar-refractivity contribution < 1.29 is 0 Å². The minimum absolute atomic E-state index is 0.449. The fraction of sp³-hybridized carbons (Fsp3) is 0.692. The molecule has 0 bridgehead atoms. The fourth-order valence-electron chi connectivity index (χ4n) is 2.65. The van der Waals surface area contributed by atoms with Gasteiger partial charge in [0.2, 0.25) is 5.28 Å². The summed E-state index contributed by atoms with van der Waals surface area (Å²) in [7, 11) is 0.